The van der Waals surface area contributed by atoms with Gasteiger partial charge in [-0.3, -0.25) is 4.99 Å². The number of hydrogen-bond donors (Lipinski definition) is 2. The van der Waals surface area contributed by atoms with Gasteiger partial charge in [0.1, 0.15) is 0 Å². The van der Waals surface area contributed by atoms with E-state index in [0.29, 0.717) is 30.0 Å². The van der Waals surface area contributed by atoms with Gasteiger partial charge in [-0.2, -0.15) is 0 Å². The quantitative estimate of drug-likeness (QED) is 0.335. The summed E-state index contributed by atoms with van der Waals surface area (Å²) in [6, 6.07) is 0.494. The summed E-state index contributed by atoms with van der Waals surface area (Å²) in [6.45, 7) is 3.95. The van der Waals surface area contributed by atoms with E-state index in [4.69, 9.17) is 4.99 Å². The standard InChI is InChI=1S/C20H37N3O2S.HI/c1-16-7-5-6-10-19(16)23-20(21-13-17-8-3-2-4-9-17)22-14-18-11-12-26(24,25)15-18;/h16-19H,2-15H2,1H3,(H2,21,22,23);1H. The summed E-state index contributed by atoms with van der Waals surface area (Å²) in [5, 5.41) is 7.27. The minimum atomic E-state index is -2.82. The fourth-order valence-corrected chi connectivity index (χ4v) is 6.58. The highest BCUT2D eigenvalue weighted by molar-refractivity contribution is 14.0. The molecule has 2 aliphatic carbocycles. The smallest absolute Gasteiger partial charge is 0.191 e. The molecule has 1 saturated heterocycles. The minimum Gasteiger partial charge on any atom is -0.356 e. The maximum atomic E-state index is 11.7. The van der Waals surface area contributed by atoms with E-state index in [1.165, 1.54) is 57.8 Å². The molecule has 3 aliphatic rings. The largest absolute Gasteiger partial charge is 0.356 e. The number of nitrogens with zero attached hydrogens (tertiary/aromatic N) is 1. The molecule has 158 valence electrons. The monoisotopic (exact) mass is 511 g/mol. The maximum absolute atomic E-state index is 11.7. The second-order valence-electron chi connectivity index (χ2n) is 8.86. The number of guanidine groups is 1. The van der Waals surface area contributed by atoms with Crippen LogP contribution in [0.4, 0.5) is 0 Å². The molecule has 3 unspecified atom stereocenters. The molecule has 0 aromatic rings. The van der Waals surface area contributed by atoms with Crippen LogP contribution in [-0.2, 0) is 9.84 Å². The zero-order chi connectivity index (χ0) is 18.4. The molecule has 1 aliphatic heterocycles. The van der Waals surface area contributed by atoms with Crippen molar-refractivity contribution in [1.29, 1.82) is 0 Å². The van der Waals surface area contributed by atoms with Gasteiger partial charge in [-0.15, -0.1) is 24.0 Å². The molecule has 0 amide bonds. The van der Waals surface area contributed by atoms with Gasteiger partial charge >= 0.3 is 0 Å². The normalized spacial score (nSPS) is 31.9. The van der Waals surface area contributed by atoms with E-state index in [1.54, 1.807) is 0 Å². The van der Waals surface area contributed by atoms with Crippen molar-refractivity contribution in [2.75, 3.05) is 24.6 Å². The molecule has 3 fully saturated rings. The van der Waals surface area contributed by atoms with Crippen molar-refractivity contribution in [3.8, 4) is 0 Å². The fourth-order valence-electron chi connectivity index (χ4n) is 4.73. The predicted octanol–water partition coefficient (Wildman–Crippen LogP) is 3.73. The van der Waals surface area contributed by atoms with Crippen LogP contribution in [0.25, 0.3) is 0 Å². The van der Waals surface area contributed by atoms with Crippen LogP contribution in [0.1, 0.15) is 71.1 Å². The summed E-state index contributed by atoms with van der Waals surface area (Å²) in [6.07, 6.45) is 12.6. The van der Waals surface area contributed by atoms with Crippen molar-refractivity contribution < 1.29 is 8.42 Å². The average molecular weight is 512 g/mol. The van der Waals surface area contributed by atoms with Gasteiger partial charge in [0.2, 0.25) is 0 Å². The molecule has 0 radical (unpaired) electrons. The lowest BCUT2D eigenvalue weighted by Crippen LogP contribution is -2.48. The highest BCUT2D eigenvalue weighted by Crippen LogP contribution is 2.25. The van der Waals surface area contributed by atoms with Gasteiger partial charge in [-0.1, -0.05) is 39.0 Å². The van der Waals surface area contributed by atoms with Crippen molar-refractivity contribution in [2.45, 2.75) is 77.2 Å². The Balaban J connectivity index is 0.00000261. The number of halogens is 1. The van der Waals surface area contributed by atoms with E-state index >= 15 is 0 Å². The van der Waals surface area contributed by atoms with Gasteiger partial charge in [0.05, 0.1) is 11.5 Å². The van der Waals surface area contributed by atoms with Gasteiger partial charge in [0.15, 0.2) is 15.8 Å². The second kappa shape index (κ2) is 11.2. The molecule has 0 bridgehead atoms. The highest BCUT2D eigenvalue weighted by Gasteiger charge is 2.28. The third-order valence-corrected chi connectivity index (χ3v) is 8.39. The van der Waals surface area contributed by atoms with Gasteiger partial charge in [-0.05, 0) is 49.9 Å². The predicted molar refractivity (Wildman–Crippen MR) is 124 cm³/mol. The lowest BCUT2D eigenvalue weighted by Gasteiger charge is -2.31. The maximum Gasteiger partial charge on any atom is 0.191 e. The SMILES string of the molecule is CC1CCCCC1NC(=NCC1CCS(=O)(=O)C1)NCC1CCCCC1.I. The Labute approximate surface area is 182 Å². The molecule has 7 heteroatoms. The Kier molecular flexibility index (Phi) is 9.65. The molecule has 1 heterocycles. The van der Waals surface area contributed by atoms with Crippen molar-refractivity contribution >= 4 is 39.8 Å². The Morgan fingerprint density at radius 1 is 0.963 bits per heavy atom. The van der Waals surface area contributed by atoms with Gasteiger partial charge in [-0.25, -0.2) is 8.42 Å². The summed E-state index contributed by atoms with van der Waals surface area (Å²) in [4.78, 5) is 4.81. The van der Waals surface area contributed by atoms with Crippen LogP contribution in [0.2, 0.25) is 0 Å². The van der Waals surface area contributed by atoms with Gasteiger partial charge in [0.25, 0.3) is 0 Å². The number of hydrogen-bond acceptors (Lipinski definition) is 3. The third kappa shape index (κ3) is 7.71. The molecule has 2 N–H and O–H groups in total. The Morgan fingerprint density at radius 2 is 1.67 bits per heavy atom. The lowest BCUT2D eigenvalue weighted by molar-refractivity contribution is 0.304. The lowest BCUT2D eigenvalue weighted by atomic mass is 9.86. The highest BCUT2D eigenvalue weighted by atomic mass is 127. The van der Waals surface area contributed by atoms with Crippen molar-refractivity contribution in [3.63, 3.8) is 0 Å². The van der Waals surface area contributed by atoms with Crippen molar-refractivity contribution in [1.82, 2.24) is 10.6 Å². The van der Waals surface area contributed by atoms with Crippen LogP contribution in [0, 0.1) is 17.8 Å². The zero-order valence-corrected chi connectivity index (χ0v) is 19.9. The van der Waals surface area contributed by atoms with Crippen LogP contribution in [-0.4, -0.2) is 45.0 Å². The van der Waals surface area contributed by atoms with Crippen LogP contribution in [0.15, 0.2) is 4.99 Å². The average Bonchev–Trinajstić information content (AvgIpc) is 2.99. The Hall–Kier alpha value is -0.0500. The topological polar surface area (TPSA) is 70.6 Å². The van der Waals surface area contributed by atoms with E-state index in [1.807, 2.05) is 0 Å². The summed E-state index contributed by atoms with van der Waals surface area (Å²) in [5.41, 5.74) is 0. The van der Waals surface area contributed by atoms with E-state index in [2.05, 4.69) is 17.6 Å². The molecular formula is C20H38IN3O2S. The number of sulfone groups is 1. The van der Waals surface area contributed by atoms with Crippen LogP contribution in [0.5, 0.6) is 0 Å². The van der Waals surface area contributed by atoms with E-state index in [0.717, 1.165) is 24.8 Å². The molecular weight excluding hydrogens is 473 g/mol. The summed E-state index contributed by atoms with van der Waals surface area (Å²) in [5.74, 6) is 3.19. The third-order valence-electron chi connectivity index (χ3n) is 6.55. The van der Waals surface area contributed by atoms with Crippen LogP contribution < -0.4 is 10.6 Å². The zero-order valence-electron chi connectivity index (χ0n) is 16.8. The fraction of sp³-hybridized carbons (Fsp3) is 0.950. The summed E-state index contributed by atoms with van der Waals surface area (Å²) < 4.78 is 23.4. The minimum absolute atomic E-state index is 0. The molecule has 27 heavy (non-hydrogen) atoms. The molecule has 0 spiro atoms. The van der Waals surface area contributed by atoms with Crippen LogP contribution >= 0.6 is 24.0 Å². The number of rotatable bonds is 5. The first-order valence-corrected chi connectivity index (χ1v) is 12.6. The van der Waals surface area contributed by atoms with Gasteiger partial charge in [0, 0.05) is 19.1 Å². The number of aliphatic imine (C=N–C) groups is 1. The van der Waals surface area contributed by atoms with E-state index in [9.17, 15) is 8.42 Å². The molecule has 3 atom stereocenters. The summed E-state index contributed by atoms with van der Waals surface area (Å²) >= 11 is 0. The first kappa shape index (κ1) is 23.2. The van der Waals surface area contributed by atoms with Gasteiger partial charge < -0.3 is 10.6 Å². The molecule has 0 aromatic heterocycles. The number of nitrogens with one attached hydrogen (secondary N) is 2. The molecule has 5 nitrogen and oxygen atoms in total. The first-order valence-electron chi connectivity index (χ1n) is 10.8. The van der Waals surface area contributed by atoms with Crippen LogP contribution in [0.3, 0.4) is 0 Å². The van der Waals surface area contributed by atoms with Crippen molar-refractivity contribution in [3.05, 3.63) is 0 Å². The van der Waals surface area contributed by atoms with Crippen molar-refractivity contribution in [2.24, 2.45) is 22.7 Å². The molecule has 2 saturated carbocycles. The Morgan fingerprint density at radius 3 is 2.33 bits per heavy atom. The van der Waals surface area contributed by atoms with E-state index in [-0.39, 0.29) is 29.9 Å². The first-order chi connectivity index (χ1) is 12.5. The second-order valence-corrected chi connectivity index (χ2v) is 11.1. The molecule has 3 rings (SSSR count). The Bertz CT molecular complexity index is 576. The summed E-state index contributed by atoms with van der Waals surface area (Å²) in [7, 11) is -2.82. The van der Waals surface area contributed by atoms with E-state index < -0.39 is 9.84 Å². The molecule has 0 aromatic carbocycles.